The Morgan fingerprint density at radius 1 is 1.04 bits per heavy atom. The van der Waals surface area contributed by atoms with Crippen LogP contribution in [0.15, 0.2) is 42.5 Å². The third-order valence-corrected chi connectivity index (χ3v) is 5.11. The first-order valence-electron chi connectivity index (χ1n) is 9.27. The molecular formula is C22H24O3. The van der Waals surface area contributed by atoms with Gasteiger partial charge in [0.05, 0.1) is 6.61 Å². The number of aryl methyl sites for hydroxylation is 1. The van der Waals surface area contributed by atoms with Crippen LogP contribution in [0.3, 0.4) is 0 Å². The zero-order chi connectivity index (χ0) is 17.1. The lowest BCUT2D eigenvalue weighted by molar-refractivity contribution is -0.144. The summed E-state index contributed by atoms with van der Waals surface area (Å²) in [5, 5.41) is 0. The summed E-state index contributed by atoms with van der Waals surface area (Å²) >= 11 is 0. The van der Waals surface area contributed by atoms with Crippen molar-refractivity contribution in [3.8, 4) is 11.1 Å². The standard InChI is InChI=1S/C22H24O3/c23-22(25-15-18-14-24-18)12-3-1-2-7-16-9-6-11-20-19-10-5-4-8-17(19)13-21(16)20/h4-6,8-11,18H,1-3,7,12-15H2. The summed E-state index contributed by atoms with van der Waals surface area (Å²) in [5.74, 6) is -0.0912. The van der Waals surface area contributed by atoms with E-state index in [1.165, 1.54) is 27.8 Å². The first-order valence-corrected chi connectivity index (χ1v) is 9.27. The predicted octanol–water partition coefficient (Wildman–Crippen LogP) is 4.30. The van der Waals surface area contributed by atoms with Gasteiger partial charge in [-0.15, -0.1) is 0 Å². The number of unbranched alkanes of at least 4 members (excludes halogenated alkanes) is 2. The van der Waals surface area contributed by atoms with Crippen LogP contribution < -0.4 is 0 Å². The minimum absolute atomic E-state index is 0.0912. The van der Waals surface area contributed by atoms with Crippen molar-refractivity contribution < 1.29 is 14.3 Å². The fraction of sp³-hybridized carbons (Fsp3) is 0.409. The van der Waals surface area contributed by atoms with Crippen molar-refractivity contribution in [2.75, 3.05) is 13.2 Å². The summed E-state index contributed by atoms with van der Waals surface area (Å²) < 4.78 is 10.2. The molecule has 1 aliphatic heterocycles. The lowest BCUT2D eigenvalue weighted by Crippen LogP contribution is -2.09. The topological polar surface area (TPSA) is 38.8 Å². The Morgan fingerprint density at radius 3 is 2.76 bits per heavy atom. The lowest BCUT2D eigenvalue weighted by atomic mass is 9.97. The van der Waals surface area contributed by atoms with Crippen LogP contribution in [-0.2, 0) is 27.1 Å². The van der Waals surface area contributed by atoms with Gasteiger partial charge in [-0.1, -0.05) is 48.9 Å². The maximum atomic E-state index is 11.6. The zero-order valence-corrected chi connectivity index (χ0v) is 14.5. The highest BCUT2D eigenvalue weighted by Gasteiger charge is 2.24. The minimum Gasteiger partial charge on any atom is -0.463 e. The van der Waals surface area contributed by atoms with Gasteiger partial charge in [0.1, 0.15) is 12.7 Å². The molecule has 1 atom stereocenters. The van der Waals surface area contributed by atoms with Crippen LogP contribution in [0.2, 0.25) is 0 Å². The molecule has 130 valence electrons. The zero-order valence-electron chi connectivity index (χ0n) is 14.5. The van der Waals surface area contributed by atoms with Crippen molar-refractivity contribution >= 4 is 5.97 Å². The third-order valence-electron chi connectivity index (χ3n) is 5.11. The number of fused-ring (bicyclic) bond motifs is 3. The molecule has 1 aliphatic carbocycles. The number of esters is 1. The molecule has 4 rings (SSSR count). The van der Waals surface area contributed by atoms with Crippen molar-refractivity contribution in [2.24, 2.45) is 0 Å². The molecule has 0 amide bonds. The number of epoxide rings is 1. The van der Waals surface area contributed by atoms with Gasteiger partial charge in [-0.05, 0) is 53.5 Å². The molecule has 2 aliphatic rings. The molecule has 3 nitrogen and oxygen atoms in total. The Bertz CT molecular complexity index is 762. The van der Waals surface area contributed by atoms with Crippen LogP contribution in [-0.4, -0.2) is 25.3 Å². The van der Waals surface area contributed by atoms with Crippen LogP contribution in [0.25, 0.3) is 11.1 Å². The molecule has 25 heavy (non-hydrogen) atoms. The van der Waals surface area contributed by atoms with Gasteiger partial charge in [-0.3, -0.25) is 4.79 Å². The summed E-state index contributed by atoms with van der Waals surface area (Å²) in [6, 6.07) is 15.4. The summed E-state index contributed by atoms with van der Waals surface area (Å²) in [5.41, 5.74) is 7.18. The average Bonchev–Trinajstić information content (AvgIpc) is 3.39. The molecule has 0 bridgehead atoms. The quantitative estimate of drug-likeness (QED) is 0.350. The number of carbonyl (C=O) groups excluding carboxylic acids is 1. The molecule has 2 aromatic carbocycles. The second kappa shape index (κ2) is 7.40. The van der Waals surface area contributed by atoms with Gasteiger partial charge in [0.25, 0.3) is 0 Å². The van der Waals surface area contributed by atoms with Gasteiger partial charge >= 0.3 is 5.97 Å². The Morgan fingerprint density at radius 2 is 1.88 bits per heavy atom. The van der Waals surface area contributed by atoms with E-state index in [0.717, 1.165) is 38.7 Å². The molecular weight excluding hydrogens is 312 g/mol. The van der Waals surface area contributed by atoms with E-state index in [-0.39, 0.29) is 12.1 Å². The van der Waals surface area contributed by atoms with E-state index in [9.17, 15) is 4.79 Å². The summed E-state index contributed by atoms with van der Waals surface area (Å²) in [4.78, 5) is 11.6. The van der Waals surface area contributed by atoms with E-state index in [1.807, 2.05) is 0 Å². The third kappa shape index (κ3) is 3.93. The van der Waals surface area contributed by atoms with Gasteiger partial charge < -0.3 is 9.47 Å². The van der Waals surface area contributed by atoms with E-state index < -0.39 is 0 Å². The van der Waals surface area contributed by atoms with Crippen LogP contribution in [0.5, 0.6) is 0 Å². The molecule has 0 N–H and O–H groups in total. The van der Waals surface area contributed by atoms with Crippen LogP contribution in [0, 0.1) is 0 Å². The molecule has 1 unspecified atom stereocenters. The van der Waals surface area contributed by atoms with Crippen LogP contribution in [0.1, 0.15) is 42.4 Å². The van der Waals surface area contributed by atoms with E-state index >= 15 is 0 Å². The monoisotopic (exact) mass is 336 g/mol. The predicted molar refractivity (Wildman–Crippen MR) is 97.6 cm³/mol. The second-order valence-corrected chi connectivity index (χ2v) is 6.98. The number of hydrogen-bond acceptors (Lipinski definition) is 3. The Hall–Kier alpha value is -2.13. The lowest BCUT2D eigenvalue weighted by Gasteiger charge is -2.08. The van der Waals surface area contributed by atoms with Gasteiger partial charge in [-0.25, -0.2) is 0 Å². The highest BCUT2D eigenvalue weighted by Crippen LogP contribution is 2.38. The Kier molecular flexibility index (Phi) is 4.84. The fourth-order valence-corrected chi connectivity index (χ4v) is 3.64. The molecule has 1 saturated heterocycles. The van der Waals surface area contributed by atoms with E-state index in [4.69, 9.17) is 9.47 Å². The molecule has 0 spiro atoms. The maximum absolute atomic E-state index is 11.6. The fourth-order valence-electron chi connectivity index (χ4n) is 3.64. The molecule has 1 fully saturated rings. The number of ether oxygens (including phenoxy) is 2. The van der Waals surface area contributed by atoms with Crippen molar-refractivity contribution in [3.05, 3.63) is 59.2 Å². The van der Waals surface area contributed by atoms with Crippen molar-refractivity contribution in [1.82, 2.24) is 0 Å². The first kappa shape index (κ1) is 16.3. The number of carbonyl (C=O) groups is 1. The smallest absolute Gasteiger partial charge is 0.305 e. The van der Waals surface area contributed by atoms with E-state index in [0.29, 0.717) is 13.0 Å². The summed E-state index contributed by atoms with van der Waals surface area (Å²) in [6.07, 6.45) is 5.90. The van der Waals surface area contributed by atoms with Crippen molar-refractivity contribution in [3.63, 3.8) is 0 Å². The molecule has 2 aromatic rings. The summed E-state index contributed by atoms with van der Waals surface area (Å²) in [7, 11) is 0. The van der Waals surface area contributed by atoms with E-state index in [1.54, 1.807) is 0 Å². The molecule has 1 heterocycles. The first-order chi connectivity index (χ1) is 12.3. The SMILES string of the molecule is O=C(CCCCCc1cccc2c1Cc1ccccc1-2)OCC1CO1. The van der Waals surface area contributed by atoms with Crippen LogP contribution >= 0.6 is 0 Å². The van der Waals surface area contributed by atoms with Gasteiger partial charge in [0, 0.05) is 6.42 Å². The van der Waals surface area contributed by atoms with Crippen LogP contribution in [0.4, 0.5) is 0 Å². The Labute approximate surface area is 149 Å². The Balaban J connectivity index is 1.25. The van der Waals surface area contributed by atoms with Crippen molar-refractivity contribution in [1.29, 1.82) is 0 Å². The summed E-state index contributed by atoms with van der Waals surface area (Å²) in [6.45, 7) is 1.16. The van der Waals surface area contributed by atoms with E-state index in [2.05, 4.69) is 42.5 Å². The average molecular weight is 336 g/mol. The van der Waals surface area contributed by atoms with Gasteiger partial charge in [0.2, 0.25) is 0 Å². The highest BCUT2D eigenvalue weighted by molar-refractivity contribution is 5.77. The largest absolute Gasteiger partial charge is 0.463 e. The van der Waals surface area contributed by atoms with Crippen molar-refractivity contribution in [2.45, 2.75) is 44.6 Å². The molecule has 3 heteroatoms. The normalized spacial score (nSPS) is 17.0. The highest BCUT2D eigenvalue weighted by atomic mass is 16.6. The second-order valence-electron chi connectivity index (χ2n) is 6.98. The number of rotatable bonds is 8. The van der Waals surface area contributed by atoms with Gasteiger partial charge in [-0.2, -0.15) is 0 Å². The minimum atomic E-state index is -0.0912. The molecule has 0 aromatic heterocycles. The molecule has 0 saturated carbocycles. The number of hydrogen-bond donors (Lipinski definition) is 0. The van der Waals surface area contributed by atoms with Gasteiger partial charge in [0.15, 0.2) is 0 Å². The molecule has 0 radical (unpaired) electrons. The number of benzene rings is 2. The maximum Gasteiger partial charge on any atom is 0.305 e.